The van der Waals surface area contributed by atoms with Crippen molar-refractivity contribution in [3.63, 3.8) is 0 Å². The van der Waals surface area contributed by atoms with E-state index in [0.717, 1.165) is 5.56 Å². The maximum absolute atomic E-state index is 14.2. The van der Waals surface area contributed by atoms with Gasteiger partial charge in [0.05, 0.1) is 49.2 Å². The molecule has 12 heteroatoms. The van der Waals surface area contributed by atoms with Gasteiger partial charge in [-0.1, -0.05) is 85.2 Å². The summed E-state index contributed by atoms with van der Waals surface area (Å²) in [5, 5.41) is 13.0. The second kappa shape index (κ2) is 21.4. The van der Waals surface area contributed by atoms with Crippen LogP contribution < -0.4 is 5.32 Å². The topological polar surface area (TPSA) is 160 Å². The Morgan fingerprint density at radius 3 is 2.04 bits per heavy atom. The quantitative estimate of drug-likeness (QED) is 0.164. The number of aliphatic carboxylic acids is 1. The molecule has 1 aromatic carbocycles. The number of amides is 2. The molecule has 2 N–H and O–H groups in total. The zero-order valence-electron chi connectivity index (χ0n) is 33.8. The number of Topliss-reactive ketones (excluding diaryl/α,β-unsaturated/α-hetero) is 3. The average molecular weight is 744 g/mol. The molecule has 1 aliphatic rings. The number of methoxy groups -OCH3 is 2. The highest BCUT2D eigenvalue weighted by Gasteiger charge is 2.45. The number of carbonyl (C=O) groups excluding carboxylic acids is 5. The van der Waals surface area contributed by atoms with Crippen LogP contribution in [0.1, 0.15) is 86.1 Å². The van der Waals surface area contributed by atoms with E-state index in [2.05, 4.69) is 5.32 Å². The van der Waals surface area contributed by atoms with Gasteiger partial charge in [0.25, 0.3) is 0 Å². The fourth-order valence-corrected chi connectivity index (χ4v) is 7.83. The van der Waals surface area contributed by atoms with E-state index in [0.29, 0.717) is 6.42 Å². The molecule has 1 aliphatic heterocycles. The molecule has 2 amide bonds. The lowest BCUT2D eigenvalue weighted by Gasteiger charge is -2.40. The van der Waals surface area contributed by atoms with Crippen molar-refractivity contribution in [2.75, 3.05) is 34.9 Å². The molecule has 0 bridgehead atoms. The van der Waals surface area contributed by atoms with Crippen molar-refractivity contribution in [2.45, 2.75) is 117 Å². The molecular formula is C41H65N3O9. The Hall–Kier alpha value is -3.48. The van der Waals surface area contributed by atoms with Crippen LogP contribution in [0.5, 0.6) is 0 Å². The van der Waals surface area contributed by atoms with E-state index in [1.807, 2.05) is 71.9 Å². The van der Waals surface area contributed by atoms with Crippen LogP contribution in [0.15, 0.2) is 30.3 Å². The zero-order valence-corrected chi connectivity index (χ0v) is 33.8. The van der Waals surface area contributed by atoms with E-state index in [1.54, 1.807) is 25.9 Å². The summed E-state index contributed by atoms with van der Waals surface area (Å²) in [6, 6.07) is 7.47. The van der Waals surface area contributed by atoms with Gasteiger partial charge in [-0.2, -0.15) is 0 Å². The SMILES string of the molecule is CC[C@H](C)[C@@H]([C@@H](CC(=O)N1CC(=O)C[C@H]1[C@H](OC)[C@@H](C)C(=O)C[C@@H](Cc1ccccc1)C(=O)O)OC)N(C)C(=O)[C@@H](CC(=O)[C@@H](NC)C(C)C)C(C)C. The Morgan fingerprint density at radius 1 is 0.925 bits per heavy atom. The Labute approximate surface area is 316 Å². The van der Waals surface area contributed by atoms with E-state index < -0.39 is 48.0 Å². The van der Waals surface area contributed by atoms with Gasteiger partial charge in [0.1, 0.15) is 5.78 Å². The third kappa shape index (κ3) is 12.3. The van der Waals surface area contributed by atoms with Crippen LogP contribution >= 0.6 is 0 Å². The van der Waals surface area contributed by atoms with Crippen molar-refractivity contribution in [3.05, 3.63) is 35.9 Å². The number of likely N-dealkylation sites (tertiary alicyclic amines) is 1. The number of hydrogen-bond donors (Lipinski definition) is 2. The molecule has 1 aromatic rings. The predicted octanol–water partition coefficient (Wildman–Crippen LogP) is 4.46. The molecule has 1 fully saturated rings. The van der Waals surface area contributed by atoms with Gasteiger partial charge in [-0.3, -0.25) is 28.8 Å². The monoisotopic (exact) mass is 743 g/mol. The minimum atomic E-state index is -1.08. The molecule has 1 saturated heterocycles. The van der Waals surface area contributed by atoms with Crippen molar-refractivity contribution in [1.82, 2.24) is 15.1 Å². The summed E-state index contributed by atoms with van der Waals surface area (Å²) in [6.45, 7) is 13.3. The van der Waals surface area contributed by atoms with Crippen molar-refractivity contribution >= 4 is 35.1 Å². The number of carboxylic acid groups (broad SMARTS) is 1. The van der Waals surface area contributed by atoms with Crippen LogP contribution in [0, 0.1) is 35.5 Å². The van der Waals surface area contributed by atoms with Gasteiger partial charge >= 0.3 is 5.97 Å². The maximum Gasteiger partial charge on any atom is 0.307 e. The van der Waals surface area contributed by atoms with Gasteiger partial charge < -0.3 is 29.7 Å². The summed E-state index contributed by atoms with van der Waals surface area (Å²) in [6.07, 6.45) is -0.989. The number of nitrogens with zero attached hydrogens (tertiary/aromatic N) is 2. The van der Waals surface area contributed by atoms with Gasteiger partial charge in [0.15, 0.2) is 11.6 Å². The molecule has 0 spiro atoms. The van der Waals surface area contributed by atoms with E-state index >= 15 is 0 Å². The Kier molecular flexibility index (Phi) is 18.5. The number of carbonyl (C=O) groups is 6. The zero-order chi connectivity index (χ0) is 40.2. The van der Waals surface area contributed by atoms with Gasteiger partial charge in [0.2, 0.25) is 11.8 Å². The number of ether oxygens (including phenoxy) is 2. The lowest BCUT2D eigenvalue weighted by molar-refractivity contribution is -0.149. The van der Waals surface area contributed by atoms with E-state index in [1.165, 1.54) is 19.1 Å². The Morgan fingerprint density at radius 2 is 1.55 bits per heavy atom. The second-order valence-electron chi connectivity index (χ2n) is 15.6. The molecule has 298 valence electrons. The van der Waals surface area contributed by atoms with Crippen LogP contribution in [0.25, 0.3) is 0 Å². The van der Waals surface area contributed by atoms with Crippen LogP contribution in [0.3, 0.4) is 0 Å². The highest BCUT2D eigenvalue weighted by Crippen LogP contribution is 2.31. The van der Waals surface area contributed by atoms with E-state index in [9.17, 15) is 33.9 Å². The van der Waals surface area contributed by atoms with Crippen LogP contribution in [0.4, 0.5) is 0 Å². The minimum Gasteiger partial charge on any atom is -0.481 e. The average Bonchev–Trinajstić information content (AvgIpc) is 3.50. The molecule has 53 heavy (non-hydrogen) atoms. The Balaban J connectivity index is 2.31. The Bertz CT molecular complexity index is 1380. The van der Waals surface area contributed by atoms with Crippen molar-refractivity contribution < 1.29 is 43.3 Å². The highest BCUT2D eigenvalue weighted by atomic mass is 16.5. The summed E-state index contributed by atoms with van der Waals surface area (Å²) >= 11 is 0. The van der Waals surface area contributed by atoms with Crippen molar-refractivity contribution in [3.8, 4) is 0 Å². The van der Waals surface area contributed by atoms with Crippen LogP contribution in [0.2, 0.25) is 0 Å². The molecular weight excluding hydrogens is 678 g/mol. The first kappa shape index (κ1) is 45.7. The molecule has 12 nitrogen and oxygen atoms in total. The minimum absolute atomic E-state index is 0.00679. The van der Waals surface area contributed by atoms with Crippen LogP contribution in [-0.4, -0.2) is 115 Å². The smallest absolute Gasteiger partial charge is 0.307 e. The van der Waals surface area contributed by atoms with E-state index in [-0.39, 0.29) is 91.6 Å². The summed E-state index contributed by atoms with van der Waals surface area (Å²) in [4.78, 5) is 83.3. The standard InChI is InChI=1S/C41H65N3O9/c1-12-26(6)38(43(9)40(49)31(24(2)3)21-34(47)37(42-8)25(4)5)35(52-10)22-36(48)44-23-30(45)20-32(44)39(53-11)27(7)33(46)19-29(41(50)51)18-28-16-14-13-15-17-28/h13-17,24-27,29,31-32,35,37-39,42H,12,18-23H2,1-11H3,(H,50,51)/t26-,27-,29+,31-,32-,35+,37-,38-,39+/m0/s1. The summed E-state index contributed by atoms with van der Waals surface area (Å²) in [7, 11) is 6.36. The first-order valence-corrected chi connectivity index (χ1v) is 19.1. The summed E-state index contributed by atoms with van der Waals surface area (Å²) < 4.78 is 11.8. The fraction of sp³-hybridized carbons (Fsp3) is 0.707. The van der Waals surface area contributed by atoms with Gasteiger partial charge in [-0.25, -0.2) is 0 Å². The predicted molar refractivity (Wildman–Crippen MR) is 203 cm³/mol. The van der Waals surface area contributed by atoms with Crippen molar-refractivity contribution in [1.29, 1.82) is 0 Å². The lowest BCUT2D eigenvalue weighted by Crippen LogP contribution is -2.54. The largest absolute Gasteiger partial charge is 0.481 e. The number of rotatable bonds is 23. The van der Waals surface area contributed by atoms with E-state index in [4.69, 9.17) is 9.47 Å². The maximum atomic E-state index is 14.2. The van der Waals surface area contributed by atoms with Gasteiger partial charge in [-0.15, -0.1) is 0 Å². The number of carboxylic acids is 1. The fourth-order valence-electron chi connectivity index (χ4n) is 7.83. The first-order chi connectivity index (χ1) is 24.9. The molecule has 2 rings (SSSR count). The number of nitrogens with one attached hydrogen (secondary N) is 1. The number of benzene rings is 1. The van der Waals surface area contributed by atoms with Gasteiger partial charge in [0, 0.05) is 52.4 Å². The summed E-state index contributed by atoms with van der Waals surface area (Å²) in [5.74, 6) is -4.63. The third-order valence-electron chi connectivity index (χ3n) is 11.2. The van der Waals surface area contributed by atoms with Crippen molar-refractivity contribution in [2.24, 2.45) is 35.5 Å². The third-order valence-corrected chi connectivity index (χ3v) is 11.2. The molecule has 1 heterocycles. The normalized spacial score (nSPS) is 19.3. The number of ketones is 3. The lowest BCUT2D eigenvalue weighted by atomic mass is 9.84. The molecule has 0 unspecified atom stereocenters. The molecule has 0 radical (unpaired) electrons. The highest BCUT2D eigenvalue weighted by molar-refractivity contribution is 5.92. The molecule has 0 aliphatic carbocycles. The number of hydrogen-bond acceptors (Lipinski definition) is 9. The van der Waals surface area contributed by atoms with Crippen LogP contribution in [-0.2, 0) is 44.7 Å². The summed E-state index contributed by atoms with van der Waals surface area (Å²) in [5.41, 5.74) is 0.805. The molecule has 0 aromatic heterocycles. The molecule has 0 saturated carbocycles. The first-order valence-electron chi connectivity index (χ1n) is 19.1. The number of likely N-dealkylation sites (N-methyl/N-ethyl adjacent to an activating group) is 2. The second-order valence-corrected chi connectivity index (χ2v) is 15.6. The molecule has 9 atom stereocenters. The van der Waals surface area contributed by atoms with Gasteiger partial charge in [-0.05, 0) is 36.8 Å².